The molecule has 0 aliphatic rings. The molecule has 0 unspecified atom stereocenters. The van der Waals surface area contributed by atoms with Crippen molar-refractivity contribution >= 4 is 34.5 Å². The molecule has 0 bridgehead atoms. The molecular weight excluding hydrogens is 420 g/mol. The molecule has 4 rings (SSSR count). The largest absolute Gasteiger partial charge is 0.452 e. The minimum Gasteiger partial charge on any atom is -0.452 e. The molecule has 0 spiro atoms. The molecule has 2 aromatic heterocycles. The fourth-order valence-electron chi connectivity index (χ4n) is 3.49. The molecule has 4 aromatic rings. The van der Waals surface area contributed by atoms with E-state index in [1.54, 1.807) is 43.1 Å². The number of rotatable bonds is 6. The Hall–Kier alpha value is -4.46. The van der Waals surface area contributed by atoms with Crippen LogP contribution in [0.25, 0.3) is 22.7 Å². The van der Waals surface area contributed by atoms with Crippen LogP contribution in [0, 0.1) is 6.92 Å². The van der Waals surface area contributed by atoms with Gasteiger partial charge in [-0.1, -0.05) is 42.5 Å². The molecule has 8 heteroatoms. The minimum absolute atomic E-state index is 0.139. The third-order valence-electron chi connectivity index (χ3n) is 5.23. The Labute approximate surface area is 189 Å². The van der Waals surface area contributed by atoms with E-state index in [9.17, 15) is 14.4 Å². The number of benzene rings is 2. The van der Waals surface area contributed by atoms with Gasteiger partial charge in [-0.2, -0.15) is 0 Å². The summed E-state index contributed by atoms with van der Waals surface area (Å²) in [5.74, 6) is -1.28. The van der Waals surface area contributed by atoms with Crippen molar-refractivity contribution in [1.29, 1.82) is 0 Å². The van der Waals surface area contributed by atoms with Gasteiger partial charge < -0.3 is 10.1 Å². The molecule has 0 saturated heterocycles. The number of esters is 1. The lowest BCUT2D eigenvalue weighted by Gasteiger charge is -2.07. The summed E-state index contributed by atoms with van der Waals surface area (Å²) in [6.45, 7) is 1.21. The van der Waals surface area contributed by atoms with E-state index in [4.69, 9.17) is 4.74 Å². The maximum Gasteiger partial charge on any atom is 0.331 e. The van der Waals surface area contributed by atoms with Gasteiger partial charge >= 0.3 is 5.97 Å². The number of pyridine rings is 1. The monoisotopic (exact) mass is 442 g/mol. The van der Waals surface area contributed by atoms with Gasteiger partial charge in [-0.05, 0) is 31.2 Å². The average molecular weight is 442 g/mol. The number of ether oxygens (including phenoxy) is 1. The Morgan fingerprint density at radius 2 is 1.82 bits per heavy atom. The van der Waals surface area contributed by atoms with E-state index in [2.05, 4.69) is 10.3 Å². The third kappa shape index (κ3) is 4.59. The van der Waals surface area contributed by atoms with E-state index >= 15 is 0 Å². The van der Waals surface area contributed by atoms with Crippen molar-refractivity contribution in [2.75, 3.05) is 11.9 Å². The molecule has 0 saturated carbocycles. The quantitative estimate of drug-likeness (QED) is 0.365. The summed E-state index contributed by atoms with van der Waals surface area (Å²) >= 11 is 0. The Morgan fingerprint density at radius 1 is 1.06 bits per heavy atom. The zero-order valence-corrected chi connectivity index (χ0v) is 18.2. The molecule has 0 aliphatic heterocycles. The van der Waals surface area contributed by atoms with Crippen LogP contribution in [0.1, 0.15) is 11.3 Å². The van der Waals surface area contributed by atoms with Gasteiger partial charge in [0.05, 0.1) is 16.9 Å². The van der Waals surface area contributed by atoms with E-state index in [0.29, 0.717) is 11.4 Å². The number of carbonyl (C=O) groups is 2. The van der Waals surface area contributed by atoms with Crippen molar-refractivity contribution in [3.63, 3.8) is 0 Å². The highest BCUT2D eigenvalue weighted by Crippen LogP contribution is 2.17. The molecular formula is C25H22N4O4. The van der Waals surface area contributed by atoms with E-state index in [1.165, 1.54) is 10.8 Å². The highest BCUT2D eigenvalue weighted by Gasteiger charge is 2.18. The normalized spacial score (nSPS) is 11.1. The second-order valence-electron chi connectivity index (χ2n) is 7.35. The average Bonchev–Trinajstić information content (AvgIpc) is 3.04. The lowest BCUT2D eigenvalue weighted by atomic mass is 10.1. The van der Waals surface area contributed by atoms with Crippen LogP contribution >= 0.6 is 0 Å². The number of amides is 1. The van der Waals surface area contributed by atoms with Crippen LogP contribution < -0.4 is 10.9 Å². The third-order valence-corrected chi connectivity index (χ3v) is 5.23. The van der Waals surface area contributed by atoms with Crippen LogP contribution in [0.5, 0.6) is 0 Å². The van der Waals surface area contributed by atoms with E-state index in [-0.39, 0.29) is 11.2 Å². The standard InChI is InChI=1S/C25H22N4O4/c1-17-23(25(32)29(28(17)2)20-11-4-3-5-12-20)27-21(30)16-33-22(31)14-13-19-9-6-8-18-10-7-15-26-24(18)19/h3-15H,16H2,1-2H3,(H,27,30)/b14-13+. The van der Waals surface area contributed by atoms with Crippen molar-refractivity contribution in [2.45, 2.75) is 6.92 Å². The number of aromatic nitrogens is 3. The SMILES string of the molecule is Cc1c(NC(=O)COC(=O)/C=C/c2cccc3cccnc23)c(=O)n(-c2ccccc2)n1C. The molecule has 0 fully saturated rings. The second kappa shape index (κ2) is 9.35. The molecule has 1 amide bonds. The van der Waals surface area contributed by atoms with Gasteiger partial charge in [-0.15, -0.1) is 0 Å². The first-order valence-electron chi connectivity index (χ1n) is 10.3. The first kappa shape index (κ1) is 21.8. The number of carbonyl (C=O) groups excluding carboxylic acids is 2. The molecule has 0 atom stereocenters. The highest BCUT2D eigenvalue weighted by atomic mass is 16.5. The Balaban J connectivity index is 1.41. The van der Waals surface area contributed by atoms with Gasteiger partial charge in [-0.25, -0.2) is 9.48 Å². The van der Waals surface area contributed by atoms with Gasteiger partial charge in [-0.3, -0.25) is 19.3 Å². The number of fused-ring (bicyclic) bond motifs is 1. The summed E-state index contributed by atoms with van der Waals surface area (Å²) < 4.78 is 8.15. The van der Waals surface area contributed by atoms with Gasteiger partial charge in [0.25, 0.3) is 11.5 Å². The van der Waals surface area contributed by atoms with Crippen LogP contribution in [-0.4, -0.2) is 32.8 Å². The summed E-state index contributed by atoms with van der Waals surface area (Å²) in [6.07, 6.45) is 4.52. The molecule has 0 radical (unpaired) electrons. The zero-order valence-electron chi connectivity index (χ0n) is 18.2. The van der Waals surface area contributed by atoms with Crippen molar-refractivity contribution in [3.05, 3.63) is 94.5 Å². The first-order chi connectivity index (χ1) is 16.0. The summed E-state index contributed by atoms with van der Waals surface area (Å²) in [5, 5.41) is 3.51. The van der Waals surface area contributed by atoms with Crippen LogP contribution in [0.2, 0.25) is 0 Å². The van der Waals surface area contributed by atoms with Crippen LogP contribution in [0.4, 0.5) is 5.69 Å². The Morgan fingerprint density at radius 3 is 2.61 bits per heavy atom. The van der Waals surface area contributed by atoms with Crippen molar-refractivity contribution in [1.82, 2.24) is 14.3 Å². The summed E-state index contributed by atoms with van der Waals surface area (Å²) in [7, 11) is 1.73. The highest BCUT2D eigenvalue weighted by molar-refractivity contribution is 5.96. The van der Waals surface area contributed by atoms with Gasteiger partial charge in [0.1, 0.15) is 5.69 Å². The summed E-state index contributed by atoms with van der Waals surface area (Å²) in [6, 6.07) is 18.5. The van der Waals surface area contributed by atoms with Crippen molar-refractivity contribution in [3.8, 4) is 5.69 Å². The number of hydrogen-bond acceptors (Lipinski definition) is 5. The fourth-order valence-corrected chi connectivity index (χ4v) is 3.49. The van der Waals surface area contributed by atoms with E-state index in [0.717, 1.165) is 16.5 Å². The predicted molar refractivity (Wildman–Crippen MR) is 126 cm³/mol. The number of hydrogen-bond donors (Lipinski definition) is 1. The van der Waals surface area contributed by atoms with Crippen LogP contribution in [-0.2, 0) is 21.4 Å². The Bertz CT molecular complexity index is 1410. The second-order valence-corrected chi connectivity index (χ2v) is 7.35. The van der Waals surface area contributed by atoms with Gasteiger partial charge in [0, 0.05) is 30.3 Å². The smallest absolute Gasteiger partial charge is 0.331 e. The maximum atomic E-state index is 12.9. The minimum atomic E-state index is -0.676. The lowest BCUT2D eigenvalue weighted by molar-refractivity contribution is -0.142. The summed E-state index contributed by atoms with van der Waals surface area (Å²) in [4.78, 5) is 41.6. The van der Waals surface area contributed by atoms with Gasteiger partial charge in [0.2, 0.25) is 0 Å². The molecule has 1 N–H and O–H groups in total. The number of anilines is 1. The van der Waals surface area contributed by atoms with Gasteiger partial charge in [0.15, 0.2) is 6.61 Å². The maximum absolute atomic E-state index is 12.9. The first-order valence-corrected chi connectivity index (χ1v) is 10.3. The fraction of sp³-hybridized carbons (Fsp3) is 0.120. The number of nitrogens with one attached hydrogen (secondary N) is 1. The topological polar surface area (TPSA) is 95.2 Å². The molecule has 2 heterocycles. The molecule has 33 heavy (non-hydrogen) atoms. The zero-order chi connectivity index (χ0) is 23.4. The Kier molecular flexibility index (Phi) is 6.17. The number of para-hydroxylation sites is 2. The number of nitrogens with zero attached hydrogens (tertiary/aromatic N) is 3. The van der Waals surface area contributed by atoms with Crippen LogP contribution in [0.15, 0.2) is 77.7 Å². The van der Waals surface area contributed by atoms with E-state index in [1.807, 2.05) is 48.5 Å². The summed E-state index contributed by atoms with van der Waals surface area (Å²) in [5.41, 5.74) is 2.54. The van der Waals surface area contributed by atoms with E-state index < -0.39 is 18.5 Å². The predicted octanol–water partition coefficient (Wildman–Crippen LogP) is 3.23. The van der Waals surface area contributed by atoms with Crippen molar-refractivity contribution < 1.29 is 14.3 Å². The van der Waals surface area contributed by atoms with Crippen molar-refractivity contribution in [2.24, 2.45) is 7.05 Å². The molecule has 166 valence electrons. The van der Waals surface area contributed by atoms with Crippen LogP contribution in [0.3, 0.4) is 0 Å². The molecule has 8 nitrogen and oxygen atoms in total. The lowest BCUT2D eigenvalue weighted by Crippen LogP contribution is -2.25. The molecule has 0 aliphatic carbocycles. The molecule has 2 aromatic carbocycles.